The number of furan rings is 1. The third kappa shape index (κ3) is 3.60. The van der Waals surface area contributed by atoms with E-state index in [-0.39, 0.29) is 11.7 Å². The third-order valence-corrected chi connectivity index (χ3v) is 5.23. The highest BCUT2D eigenvalue weighted by atomic mass is 32.2. The molecule has 29 heavy (non-hydrogen) atoms. The van der Waals surface area contributed by atoms with Crippen LogP contribution < -0.4 is 5.32 Å². The van der Waals surface area contributed by atoms with Crippen LogP contribution in [-0.2, 0) is 4.79 Å². The molecule has 2 aromatic heterocycles. The molecule has 0 saturated heterocycles. The summed E-state index contributed by atoms with van der Waals surface area (Å²) >= 11 is 1.20. The SMILES string of the molecule is O=C(CSc1nnc(-c2ccccc2)o1)Nc1ccc2oc3ccccc3c2c1. The van der Waals surface area contributed by atoms with Crippen LogP contribution in [0.1, 0.15) is 0 Å². The van der Waals surface area contributed by atoms with Crippen LogP contribution in [0.2, 0.25) is 0 Å². The summed E-state index contributed by atoms with van der Waals surface area (Å²) < 4.78 is 11.4. The molecule has 2 heterocycles. The molecule has 0 aliphatic heterocycles. The molecule has 3 aromatic carbocycles. The van der Waals surface area contributed by atoms with Crippen molar-refractivity contribution in [3.05, 3.63) is 72.8 Å². The van der Waals surface area contributed by atoms with E-state index >= 15 is 0 Å². The zero-order valence-corrected chi connectivity index (χ0v) is 16.0. The van der Waals surface area contributed by atoms with Gasteiger partial charge in [-0.1, -0.05) is 48.2 Å². The minimum absolute atomic E-state index is 0.151. The smallest absolute Gasteiger partial charge is 0.277 e. The lowest BCUT2D eigenvalue weighted by molar-refractivity contribution is -0.113. The lowest BCUT2D eigenvalue weighted by atomic mass is 10.1. The van der Waals surface area contributed by atoms with Crippen molar-refractivity contribution in [3.63, 3.8) is 0 Å². The molecule has 1 N–H and O–H groups in total. The summed E-state index contributed by atoms with van der Waals surface area (Å²) in [7, 11) is 0. The Morgan fingerprint density at radius 3 is 2.55 bits per heavy atom. The fraction of sp³-hybridized carbons (Fsp3) is 0.0455. The number of anilines is 1. The first-order valence-electron chi connectivity index (χ1n) is 8.99. The number of amides is 1. The van der Waals surface area contributed by atoms with Crippen LogP contribution in [0, 0.1) is 0 Å². The Bertz CT molecular complexity index is 1310. The maximum Gasteiger partial charge on any atom is 0.277 e. The Morgan fingerprint density at radius 2 is 1.66 bits per heavy atom. The molecular weight excluding hydrogens is 386 g/mol. The highest BCUT2D eigenvalue weighted by Gasteiger charge is 2.12. The number of aromatic nitrogens is 2. The number of benzene rings is 3. The van der Waals surface area contributed by atoms with Crippen molar-refractivity contribution in [2.75, 3.05) is 11.1 Å². The van der Waals surface area contributed by atoms with Crippen molar-refractivity contribution in [3.8, 4) is 11.5 Å². The molecular formula is C22H15N3O3S. The van der Waals surface area contributed by atoms with Crippen LogP contribution in [0.5, 0.6) is 0 Å². The first kappa shape index (κ1) is 17.5. The fourth-order valence-electron chi connectivity index (χ4n) is 3.09. The van der Waals surface area contributed by atoms with Gasteiger partial charge in [0, 0.05) is 22.0 Å². The van der Waals surface area contributed by atoms with Crippen molar-refractivity contribution < 1.29 is 13.6 Å². The Kier molecular flexibility index (Phi) is 4.50. The van der Waals surface area contributed by atoms with Crippen LogP contribution in [0.25, 0.3) is 33.4 Å². The molecule has 0 aliphatic carbocycles. The highest BCUT2D eigenvalue weighted by Crippen LogP contribution is 2.30. The van der Waals surface area contributed by atoms with Gasteiger partial charge in [-0.3, -0.25) is 4.79 Å². The maximum atomic E-state index is 12.4. The summed E-state index contributed by atoms with van der Waals surface area (Å²) in [6.45, 7) is 0. The van der Waals surface area contributed by atoms with Gasteiger partial charge >= 0.3 is 0 Å². The first-order chi connectivity index (χ1) is 14.3. The van der Waals surface area contributed by atoms with E-state index in [2.05, 4.69) is 15.5 Å². The highest BCUT2D eigenvalue weighted by molar-refractivity contribution is 7.99. The van der Waals surface area contributed by atoms with Crippen LogP contribution in [-0.4, -0.2) is 21.9 Å². The van der Waals surface area contributed by atoms with Crippen LogP contribution in [0.4, 0.5) is 5.69 Å². The summed E-state index contributed by atoms with van der Waals surface area (Å²) in [5.74, 6) is 0.452. The summed E-state index contributed by atoms with van der Waals surface area (Å²) in [6, 6.07) is 23.0. The summed E-state index contributed by atoms with van der Waals surface area (Å²) in [5.41, 5.74) is 3.17. The Labute approximate surface area is 169 Å². The van der Waals surface area contributed by atoms with E-state index in [0.717, 1.165) is 27.5 Å². The molecule has 142 valence electrons. The van der Waals surface area contributed by atoms with E-state index in [1.165, 1.54) is 11.8 Å². The molecule has 5 aromatic rings. The number of carbonyl (C=O) groups excluding carboxylic acids is 1. The van der Waals surface area contributed by atoms with Gasteiger partial charge in [-0.05, 0) is 36.4 Å². The van der Waals surface area contributed by atoms with Gasteiger partial charge < -0.3 is 14.2 Å². The number of para-hydroxylation sites is 1. The summed E-state index contributed by atoms with van der Waals surface area (Å²) in [4.78, 5) is 12.4. The van der Waals surface area contributed by atoms with E-state index in [4.69, 9.17) is 8.83 Å². The van der Waals surface area contributed by atoms with Gasteiger partial charge in [0.1, 0.15) is 11.2 Å². The molecule has 0 saturated carbocycles. The van der Waals surface area contributed by atoms with Crippen molar-refractivity contribution in [1.29, 1.82) is 0 Å². The minimum Gasteiger partial charge on any atom is -0.456 e. The topological polar surface area (TPSA) is 81.2 Å². The second-order valence-electron chi connectivity index (χ2n) is 6.39. The predicted octanol–water partition coefficient (Wildman–Crippen LogP) is 5.37. The normalized spacial score (nSPS) is 11.2. The minimum atomic E-state index is -0.151. The number of carbonyl (C=O) groups is 1. The van der Waals surface area contributed by atoms with Crippen molar-refractivity contribution in [1.82, 2.24) is 10.2 Å². The Morgan fingerprint density at radius 1 is 0.862 bits per heavy atom. The number of nitrogens with one attached hydrogen (secondary N) is 1. The van der Waals surface area contributed by atoms with E-state index in [1.807, 2.05) is 72.8 Å². The monoisotopic (exact) mass is 401 g/mol. The van der Waals surface area contributed by atoms with E-state index in [0.29, 0.717) is 16.8 Å². The molecule has 0 aliphatic rings. The van der Waals surface area contributed by atoms with Gasteiger partial charge in [0.15, 0.2) is 0 Å². The van der Waals surface area contributed by atoms with Gasteiger partial charge in [0.2, 0.25) is 11.8 Å². The molecule has 0 spiro atoms. The van der Waals surface area contributed by atoms with Crippen molar-refractivity contribution in [2.45, 2.75) is 5.22 Å². The molecule has 0 atom stereocenters. The van der Waals surface area contributed by atoms with Gasteiger partial charge in [0.25, 0.3) is 5.22 Å². The standard InChI is InChI=1S/C22H15N3O3S/c26-20(13-29-22-25-24-21(28-22)14-6-2-1-3-7-14)23-15-10-11-19-17(12-15)16-8-4-5-9-18(16)27-19/h1-12H,13H2,(H,23,26). The van der Waals surface area contributed by atoms with E-state index in [1.54, 1.807) is 0 Å². The van der Waals surface area contributed by atoms with Crippen LogP contribution in [0.15, 0.2) is 86.9 Å². The molecule has 0 bridgehead atoms. The molecule has 6 nitrogen and oxygen atoms in total. The van der Waals surface area contributed by atoms with Gasteiger partial charge in [-0.25, -0.2) is 0 Å². The average Bonchev–Trinajstić information content (AvgIpc) is 3.37. The maximum absolute atomic E-state index is 12.4. The van der Waals surface area contributed by atoms with Crippen LogP contribution in [0.3, 0.4) is 0 Å². The molecule has 0 radical (unpaired) electrons. The van der Waals surface area contributed by atoms with Crippen LogP contribution >= 0.6 is 11.8 Å². The third-order valence-electron chi connectivity index (χ3n) is 4.41. The predicted molar refractivity (Wildman–Crippen MR) is 113 cm³/mol. The molecule has 0 fully saturated rings. The number of rotatable bonds is 5. The number of hydrogen-bond acceptors (Lipinski definition) is 6. The second-order valence-corrected chi connectivity index (χ2v) is 7.31. The average molecular weight is 401 g/mol. The summed E-state index contributed by atoms with van der Waals surface area (Å²) in [5, 5.41) is 13.3. The Balaban J connectivity index is 1.26. The van der Waals surface area contributed by atoms with Crippen molar-refractivity contribution >= 4 is 45.3 Å². The second kappa shape index (κ2) is 7.44. The number of hydrogen-bond donors (Lipinski definition) is 1. The molecule has 0 unspecified atom stereocenters. The lowest BCUT2D eigenvalue weighted by Gasteiger charge is -2.04. The largest absolute Gasteiger partial charge is 0.456 e. The molecule has 1 amide bonds. The number of nitrogens with zero attached hydrogens (tertiary/aromatic N) is 2. The zero-order valence-electron chi connectivity index (χ0n) is 15.2. The van der Waals surface area contributed by atoms with Gasteiger partial charge in [0.05, 0.1) is 5.75 Å². The van der Waals surface area contributed by atoms with Crippen molar-refractivity contribution in [2.24, 2.45) is 0 Å². The van der Waals surface area contributed by atoms with Gasteiger partial charge in [-0.2, -0.15) is 0 Å². The number of thioether (sulfide) groups is 1. The lowest BCUT2D eigenvalue weighted by Crippen LogP contribution is -2.13. The molecule has 5 rings (SSSR count). The van der Waals surface area contributed by atoms with E-state index < -0.39 is 0 Å². The summed E-state index contributed by atoms with van der Waals surface area (Å²) in [6.07, 6.45) is 0. The quantitative estimate of drug-likeness (QED) is 0.399. The fourth-order valence-corrected chi connectivity index (χ4v) is 3.66. The first-order valence-corrected chi connectivity index (χ1v) is 9.98. The molecule has 7 heteroatoms. The zero-order chi connectivity index (χ0) is 19.6. The number of fused-ring (bicyclic) bond motifs is 3. The Hall–Kier alpha value is -3.58. The van der Waals surface area contributed by atoms with E-state index in [9.17, 15) is 4.79 Å². The van der Waals surface area contributed by atoms with Gasteiger partial charge in [-0.15, -0.1) is 10.2 Å².